The number of piperidine rings is 1. The van der Waals surface area contributed by atoms with E-state index in [9.17, 15) is 4.79 Å². The second-order valence-corrected chi connectivity index (χ2v) is 7.10. The second kappa shape index (κ2) is 8.93. The van der Waals surface area contributed by atoms with Crippen LogP contribution in [-0.4, -0.2) is 30.3 Å². The molecule has 1 amide bonds. The minimum atomic E-state index is -0.0666. The number of hydrogen-bond acceptors (Lipinski definition) is 3. The Bertz CT molecular complexity index is 424. The van der Waals surface area contributed by atoms with Crippen molar-refractivity contribution in [3.05, 3.63) is 28.7 Å². The van der Waals surface area contributed by atoms with Gasteiger partial charge < -0.3 is 10.6 Å². The minimum Gasteiger partial charge on any atom is -0.351 e. The Hall–Kier alpha value is -0.230. The highest BCUT2D eigenvalue weighted by Crippen LogP contribution is 2.25. The fourth-order valence-corrected chi connectivity index (χ4v) is 3.21. The Labute approximate surface area is 139 Å². The van der Waals surface area contributed by atoms with Crippen LogP contribution in [0.1, 0.15) is 19.8 Å². The van der Waals surface area contributed by atoms with E-state index >= 15 is 0 Å². The maximum Gasteiger partial charge on any atom is 0.233 e. The molecule has 0 spiro atoms. The third-order valence-corrected chi connectivity index (χ3v) is 4.78. The number of carbonyl (C=O) groups is 1. The van der Waals surface area contributed by atoms with E-state index in [-0.39, 0.29) is 29.6 Å². The molecule has 6 heteroatoms. The van der Waals surface area contributed by atoms with Crippen molar-refractivity contribution in [1.82, 2.24) is 10.6 Å². The SMILES string of the molecule is CC(Sc1ccc(Br)cc1)C(=O)N[C@H]1CCCNC1.Cl. The van der Waals surface area contributed by atoms with Crippen molar-refractivity contribution >= 4 is 46.0 Å². The van der Waals surface area contributed by atoms with Gasteiger partial charge in [0.05, 0.1) is 5.25 Å². The molecule has 1 aromatic carbocycles. The van der Waals surface area contributed by atoms with Crippen molar-refractivity contribution in [2.75, 3.05) is 13.1 Å². The van der Waals surface area contributed by atoms with Gasteiger partial charge in [0.15, 0.2) is 0 Å². The number of rotatable bonds is 4. The van der Waals surface area contributed by atoms with E-state index in [4.69, 9.17) is 0 Å². The summed E-state index contributed by atoms with van der Waals surface area (Å²) in [6.45, 7) is 3.91. The number of nitrogens with one attached hydrogen (secondary N) is 2. The summed E-state index contributed by atoms with van der Waals surface area (Å²) in [5.74, 6) is 0.126. The number of amides is 1. The van der Waals surface area contributed by atoms with Gasteiger partial charge in [-0.2, -0.15) is 0 Å². The Balaban J connectivity index is 0.00000200. The highest BCUT2D eigenvalue weighted by Gasteiger charge is 2.19. The van der Waals surface area contributed by atoms with Gasteiger partial charge in [0.1, 0.15) is 0 Å². The van der Waals surface area contributed by atoms with Crippen LogP contribution in [0.5, 0.6) is 0 Å². The summed E-state index contributed by atoms with van der Waals surface area (Å²) in [5.41, 5.74) is 0. The zero-order valence-electron chi connectivity index (χ0n) is 11.4. The molecule has 112 valence electrons. The van der Waals surface area contributed by atoms with Gasteiger partial charge >= 0.3 is 0 Å². The molecule has 0 saturated carbocycles. The molecule has 1 saturated heterocycles. The summed E-state index contributed by atoms with van der Waals surface area (Å²) in [6.07, 6.45) is 2.22. The molecule has 2 atom stereocenters. The van der Waals surface area contributed by atoms with E-state index in [0.29, 0.717) is 0 Å². The van der Waals surface area contributed by atoms with Crippen LogP contribution >= 0.6 is 40.1 Å². The fraction of sp³-hybridized carbons (Fsp3) is 0.500. The van der Waals surface area contributed by atoms with Crippen molar-refractivity contribution in [1.29, 1.82) is 0 Å². The molecule has 1 aliphatic rings. The van der Waals surface area contributed by atoms with Gasteiger partial charge in [0, 0.05) is 22.0 Å². The summed E-state index contributed by atoms with van der Waals surface area (Å²) in [5, 5.41) is 6.36. The summed E-state index contributed by atoms with van der Waals surface area (Å²) >= 11 is 5.01. The van der Waals surface area contributed by atoms with Gasteiger partial charge in [-0.05, 0) is 50.6 Å². The smallest absolute Gasteiger partial charge is 0.233 e. The van der Waals surface area contributed by atoms with Crippen molar-refractivity contribution in [2.45, 2.75) is 36.0 Å². The van der Waals surface area contributed by atoms with Crippen molar-refractivity contribution < 1.29 is 4.79 Å². The lowest BCUT2D eigenvalue weighted by atomic mass is 10.1. The molecular weight excluding hydrogens is 360 g/mol. The van der Waals surface area contributed by atoms with Crippen LogP contribution in [0.4, 0.5) is 0 Å². The van der Waals surface area contributed by atoms with E-state index in [1.165, 1.54) is 0 Å². The molecule has 2 N–H and O–H groups in total. The van der Waals surface area contributed by atoms with Crippen LogP contribution in [0.2, 0.25) is 0 Å². The van der Waals surface area contributed by atoms with Gasteiger partial charge in [-0.3, -0.25) is 4.79 Å². The minimum absolute atomic E-state index is 0. The maximum absolute atomic E-state index is 12.1. The summed E-state index contributed by atoms with van der Waals surface area (Å²) < 4.78 is 1.06. The van der Waals surface area contributed by atoms with E-state index < -0.39 is 0 Å². The molecule has 0 bridgehead atoms. The maximum atomic E-state index is 12.1. The molecule has 0 aromatic heterocycles. The van der Waals surface area contributed by atoms with Gasteiger partial charge in [0.2, 0.25) is 5.91 Å². The van der Waals surface area contributed by atoms with E-state index in [1.807, 2.05) is 31.2 Å². The Morgan fingerprint density at radius 1 is 1.45 bits per heavy atom. The lowest BCUT2D eigenvalue weighted by Gasteiger charge is -2.25. The first-order valence-electron chi connectivity index (χ1n) is 6.58. The number of benzene rings is 1. The van der Waals surface area contributed by atoms with Crippen LogP contribution in [-0.2, 0) is 4.79 Å². The lowest BCUT2D eigenvalue weighted by molar-refractivity contribution is -0.121. The Morgan fingerprint density at radius 2 is 2.15 bits per heavy atom. The van der Waals surface area contributed by atoms with Gasteiger partial charge in [-0.1, -0.05) is 15.9 Å². The quantitative estimate of drug-likeness (QED) is 0.789. The molecule has 2 rings (SSSR count). The van der Waals surface area contributed by atoms with Crippen LogP contribution in [0.3, 0.4) is 0 Å². The van der Waals surface area contributed by atoms with Gasteiger partial charge in [-0.15, -0.1) is 24.2 Å². The van der Waals surface area contributed by atoms with Crippen molar-refractivity contribution in [3.8, 4) is 0 Å². The summed E-state index contributed by atoms with van der Waals surface area (Å²) in [6, 6.07) is 8.34. The van der Waals surface area contributed by atoms with Crippen molar-refractivity contribution in [3.63, 3.8) is 0 Å². The number of carbonyl (C=O) groups excluding carboxylic acids is 1. The normalized spacial score (nSPS) is 19.8. The van der Waals surface area contributed by atoms with Gasteiger partial charge in [-0.25, -0.2) is 0 Å². The molecule has 0 aliphatic carbocycles. The predicted octanol–water partition coefficient (Wildman–Crippen LogP) is 3.22. The fourth-order valence-electron chi connectivity index (χ4n) is 2.06. The van der Waals surface area contributed by atoms with Crippen LogP contribution in [0.15, 0.2) is 33.6 Å². The first-order valence-corrected chi connectivity index (χ1v) is 8.26. The van der Waals surface area contributed by atoms with Crippen LogP contribution in [0.25, 0.3) is 0 Å². The monoisotopic (exact) mass is 378 g/mol. The number of thioether (sulfide) groups is 1. The molecular formula is C14H20BrClN2OS. The highest BCUT2D eigenvalue weighted by molar-refractivity contribution is 9.10. The average Bonchev–Trinajstić information content (AvgIpc) is 2.42. The first kappa shape index (κ1) is 17.8. The largest absolute Gasteiger partial charge is 0.351 e. The third-order valence-electron chi connectivity index (χ3n) is 3.14. The number of halogens is 2. The van der Waals surface area contributed by atoms with E-state index in [1.54, 1.807) is 11.8 Å². The molecule has 1 unspecified atom stereocenters. The van der Waals surface area contributed by atoms with E-state index in [2.05, 4.69) is 26.6 Å². The first-order chi connectivity index (χ1) is 9.15. The zero-order valence-corrected chi connectivity index (χ0v) is 14.6. The Morgan fingerprint density at radius 3 is 2.75 bits per heavy atom. The topological polar surface area (TPSA) is 41.1 Å². The molecule has 1 fully saturated rings. The highest BCUT2D eigenvalue weighted by atomic mass is 79.9. The summed E-state index contributed by atoms with van der Waals surface area (Å²) in [7, 11) is 0. The molecule has 3 nitrogen and oxygen atoms in total. The molecule has 0 radical (unpaired) electrons. The molecule has 1 aliphatic heterocycles. The standard InChI is InChI=1S/C14H19BrN2OS.ClH/c1-10(19-13-6-4-11(15)5-7-13)14(18)17-12-3-2-8-16-9-12;/h4-7,10,12,16H,2-3,8-9H2,1H3,(H,17,18);1H/t10?,12-;/m0./s1. The Kier molecular flexibility index (Phi) is 7.95. The van der Waals surface area contributed by atoms with Crippen LogP contribution in [0, 0.1) is 0 Å². The lowest BCUT2D eigenvalue weighted by Crippen LogP contribution is -2.47. The van der Waals surface area contributed by atoms with Crippen LogP contribution < -0.4 is 10.6 Å². The number of hydrogen-bond donors (Lipinski definition) is 2. The van der Waals surface area contributed by atoms with Gasteiger partial charge in [0.25, 0.3) is 0 Å². The second-order valence-electron chi connectivity index (χ2n) is 4.77. The third kappa shape index (κ3) is 5.64. The zero-order chi connectivity index (χ0) is 13.7. The van der Waals surface area contributed by atoms with Crippen molar-refractivity contribution in [2.24, 2.45) is 0 Å². The average molecular weight is 380 g/mol. The molecule has 20 heavy (non-hydrogen) atoms. The van der Waals surface area contributed by atoms with E-state index in [0.717, 1.165) is 35.3 Å². The molecule has 1 heterocycles. The molecule has 1 aromatic rings. The summed E-state index contributed by atoms with van der Waals surface area (Å²) in [4.78, 5) is 13.2. The predicted molar refractivity (Wildman–Crippen MR) is 90.7 cm³/mol.